The maximum absolute atomic E-state index is 12.6. The Morgan fingerprint density at radius 1 is 1.19 bits per heavy atom. The number of aromatic nitrogens is 1. The number of carbonyl (C=O) groups excluding carboxylic acids is 2. The van der Waals surface area contributed by atoms with E-state index in [0.29, 0.717) is 23.4 Å². The van der Waals surface area contributed by atoms with Gasteiger partial charge in [-0.15, -0.1) is 0 Å². The number of aryl methyl sites for hydroxylation is 1. The van der Waals surface area contributed by atoms with Crippen molar-refractivity contribution in [2.24, 2.45) is 0 Å². The molecule has 0 fully saturated rings. The van der Waals surface area contributed by atoms with Gasteiger partial charge in [0.05, 0.1) is 12.1 Å². The van der Waals surface area contributed by atoms with E-state index in [0.717, 1.165) is 0 Å². The van der Waals surface area contributed by atoms with E-state index in [1.165, 1.54) is 9.80 Å². The maximum atomic E-state index is 12.6. The molecule has 0 saturated carbocycles. The van der Waals surface area contributed by atoms with E-state index in [1.807, 2.05) is 0 Å². The summed E-state index contributed by atoms with van der Waals surface area (Å²) in [5.41, 5.74) is 1.21. The van der Waals surface area contributed by atoms with Gasteiger partial charge in [-0.3, -0.25) is 9.59 Å². The summed E-state index contributed by atoms with van der Waals surface area (Å²) >= 11 is 0. The van der Waals surface area contributed by atoms with E-state index in [9.17, 15) is 14.4 Å². The lowest BCUT2D eigenvalue weighted by Crippen LogP contribution is -2.40. The van der Waals surface area contributed by atoms with Crippen molar-refractivity contribution in [1.82, 2.24) is 14.8 Å². The first kappa shape index (κ1) is 16.7. The standard InChI is InChI=1S/C14H21N3O4/c1-6-17(7-10(18)16(4)5)13(19)11-8(2)12(14(20)21)15-9(11)3/h15H,6-7H2,1-5H3,(H,20,21). The number of carboxylic acid groups (broad SMARTS) is 1. The fourth-order valence-corrected chi connectivity index (χ4v) is 2.07. The zero-order valence-corrected chi connectivity index (χ0v) is 13.0. The minimum Gasteiger partial charge on any atom is -0.477 e. The Hall–Kier alpha value is -2.31. The Bertz CT molecular complexity index is 575. The highest BCUT2D eigenvalue weighted by Gasteiger charge is 2.26. The second-order valence-corrected chi connectivity index (χ2v) is 5.04. The summed E-state index contributed by atoms with van der Waals surface area (Å²) in [5.74, 6) is -1.64. The van der Waals surface area contributed by atoms with Crippen LogP contribution < -0.4 is 0 Å². The van der Waals surface area contributed by atoms with Crippen LogP contribution in [0.15, 0.2) is 0 Å². The molecule has 1 aromatic heterocycles. The number of hydrogen-bond acceptors (Lipinski definition) is 3. The topological polar surface area (TPSA) is 93.7 Å². The summed E-state index contributed by atoms with van der Waals surface area (Å²) in [5, 5.41) is 9.08. The van der Waals surface area contributed by atoms with Crippen LogP contribution in [0, 0.1) is 13.8 Å². The van der Waals surface area contributed by atoms with Crippen LogP contribution >= 0.6 is 0 Å². The van der Waals surface area contributed by atoms with Crippen molar-refractivity contribution in [3.8, 4) is 0 Å². The molecule has 2 N–H and O–H groups in total. The fraction of sp³-hybridized carbons (Fsp3) is 0.500. The van der Waals surface area contributed by atoms with E-state index in [2.05, 4.69) is 4.98 Å². The third-order valence-corrected chi connectivity index (χ3v) is 3.36. The number of carbonyl (C=O) groups is 3. The van der Waals surface area contributed by atoms with Crippen LogP contribution in [0.4, 0.5) is 0 Å². The molecule has 0 atom stereocenters. The Morgan fingerprint density at radius 3 is 2.14 bits per heavy atom. The lowest BCUT2D eigenvalue weighted by Gasteiger charge is -2.22. The van der Waals surface area contributed by atoms with E-state index in [4.69, 9.17) is 5.11 Å². The molecule has 1 heterocycles. The fourth-order valence-electron chi connectivity index (χ4n) is 2.07. The molecule has 0 radical (unpaired) electrons. The Labute approximate surface area is 123 Å². The van der Waals surface area contributed by atoms with E-state index in [-0.39, 0.29) is 24.1 Å². The third-order valence-electron chi connectivity index (χ3n) is 3.36. The summed E-state index contributed by atoms with van der Waals surface area (Å²) in [6.45, 7) is 5.34. The number of likely N-dealkylation sites (N-methyl/N-ethyl adjacent to an activating group) is 2. The average Bonchev–Trinajstić information content (AvgIpc) is 2.70. The maximum Gasteiger partial charge on any atom is 0.352 e. The van der Waals surface area contributed by atoms with Gasteiger partial charge in [-0.25, -0.2) is 4.79 Å². The summed E-state index contributed by atoms with van der Waals surface area (Å²) in [7, 11) is 3.24. The molecule has 0 unspecified atom stereocenters. The summed E-state index contributed by atoms with van der Waals surface area (Å²) in [4.78, 5) is 40.9. The van der Waals surface area contributed by atoms with Gasteiger partial charge in [0.1, 0.15) is 5.69 Å². The van der Waals surface area contributed by atoms with Crippen molar-refractivity contribution in [2.75, 3.05) is 27.2 Å². The lowest BCUT2D eigenvalue weighted by molar-refractivity contribution is -0.129. The zero-order chi connectivity index (χ0) is 16.3. The molecule has 116 valence electrons. The molecule has 1 aromatic rings. The molecule has 0 saturated heterocycles. The monoisotopic (exact) mass is 295 g/mol. The largest absolute Gasteiger partial charge is 0.477 e. The average molecular weight is 295 g/mol. The van der Waals surface area contributed by atoms with Gasteiger partial charge < -0.3 is 19.9 Å². The number of aromatic amines is 1. The highest BCUT2D eigenvalue weighted by atomic mass is 16.4. The second kappa shape index (κ2) is 6.43. The number of nitrogens with zero attached hydrogens (tertiary/aromatic N) is 2. The summed E-state index contributed by atoms with van der Waals surface area (Å²) < 4.78 is 0. The van der Waals surface area contributed by atoms with Crippen molar-refractivity contribution < 1.29 is 19.5 Å². The molecule has 2 amide bonds. The number of H-pyrrole nitrogens is 1. The quantitative estimate of drug-likeness (QED) is 0.843. The van der Waals surface area contributed by atoms with E-state index in [1.54, 1.807) is 34.9 Å². The molecule has 0 aliphatic carbocycles. The van der Waals surface area contributed by atoms with Gasteiger partial charge in [-0.05, 0) is 26.3 Å². The molecular formula is C14H21N3O4. The third kappa shape index (κ3) is 3.42. The van der Waals surface area contributed by atoms with E-state index >= 15 is 0 Å². The smallest absolute Gasteiger partial charge is 0.352 e. The number of amides is 2. The minimum absolute atomic E-state index is 0.00541. The molecule has 0 bridgehead atoms. The van der Waals surface area contributed by atoms with Crippen molar-refractivity contribution in [3.05, 3.63) is 22.5 Å². The molecule has 0 spiro atoms. The van der Waals surface area contributed by atoms with Crippen LogP contribution in [0.2, 0.25) is 0 Å². The van der Waals surface area contributed by atoms with Crippen molar-refractivity contribution in [1.29, 1.82) is 0 Å². The highest BCUT2D eigenvalue weighted by Crippen LogP contribution is 2.20. The van der Waals surface area contributed by atoms with Crippen LogP contribution in [0.25, 0.3) is 0 Å². The van der Waals surface area contributed by atoms with Crippen LogP contribution in [-0.4, -0.2) is 64.9 Å². The molecule has 7 heteroatoms. The predicted molar refractivity (Wildman–Crippen MR) is 77.5 cm³/mol. The Morgan fingerprint density at radius 2 is 1.76 bits per heavy atom. The number of nitrogens with one attached hydrogen (secondary N) is 1. The first-order valence-electron chi connectivity index (χ1n) is 6.62. The molecule has 21 heavy (non-hydrogen) atoms. The van der Waals surface area contributed by atoms with Crippen molar-refractivity contribution >= 4 is 17.8 Å². The molecule has 0 aliphatic heterocycles. The predicted octanol–water partition coefficient (Wildman–Crippen LogP) is 0.880. The van der Waals surface area contributed by atoms with Gasteiger partial charge in [0, 0.05) is 26.3 Å². The number of aromatic carboxylic acids is 1. The van der Waals surface area contributed by atoms with Gasteiger partial charge in [-0.1, -0.05) is 0 Å². The zero-order valence-electron chi connectivity index (χ0n) is 13.0. The van der Waals surface area contributed by atoms with E-state index < -0.39 is 5.97 Å². The Balaban J connectivity index is 3.12. The lowest BCUT2D eigenvalue weighted by atomic mass is 10.1. The Kier molecular flexibility index (Phi) is 5.12. The van der Waals surface area contributed by atoms with Crippen LogP contribution in [0.5, 0.6) is 0 Å². The van der Waals surface area contributed by atoms with Crippen LogP contribution in [0.1, 0.15) is 39.0 Å². The van der Waals surface area contributed by atoms with Crippen LogP contribution in [0.3, 0.4) is 0 Å². The van der Waals surface area contributed by atoms with Gasteiger partial charge in [0.15, 0.2) is 0 Å². The minimum atomic E-state index is -1.11. The van der Waals surface area contributed by atoms with Crippen molar-refractivity contribution in [2.45, 2.75) is 20.8 Å². The summed E-state index contributed by atoms with van der Waals surface area (Å²) in [6.07, 6.45) is 0. The number of hydrogen-bond donors (Lipinski definition) is 2. The SMILES string of the molecule is CCN(CC(=O)N(C)C)C(=O)c1c(C)[nH]c(C(=O)O)c1C. The number of rotatable bonds is 5. The first-order valence-corrected chi connectivity index (χ1v) is 6.62. The van der Waals surface area contributed by atoms with Gasteiger partial charge >= 0.3 is 5.97 Å². The number of carboxylic acids is 1. The van der Waals surface area contributed by atoms with Crippen molar-refractivity contribution in [3.63, 3.8) is 0 Å². The van der Waals surface area contributed by atoms with Crippen LogP contribution in [-0.2, 0) is 4.79 Å². The first-order chi connectivity index (χ1) is 9.70. The second-order valence-electron chi connectivity index (χ2n) is 5.04. The molecule has 1 rings (SSSR count). The van der Waals surface area contributed by atoms with Gasteiger partial charge in [0.2, 0.25) is 5.91 Å². The molecule has 0 aliphatic rings. The molecular weight excluding hydrogens is 274 g/mol. The summed E-state index contributed by atoms with van der Waals surface area (Å²) in [6, 6.07) is 0. The van der Waals surface area contributed by atoms with Gasteiger partial charge in [0.25, 0.3) is 5.91 Å². The molecule has 0 aromatic carbocycles. The van der Waals surface area contributed by atoms with Gasteiger partial charge in [-0.2, -0.15) is 0 Å². The highest BCUT2D eigenvalue weighted by molar-refractivity contribution is 6.02. The normalized spacial score (nSPS) is 10.3. The molecule has 7 nitrogen and oxygen atoms in total.